The van der Waals surface area contributed by atoms with Gasteiger partial charge in [0.2, 0.25) is 0 Å². The van der Waals surface area contributed by atoms with Crippen LogP contribution in [0.4, 0.5) is 4.79 Å². The van der Waals surface area contributed by atoms with E-state index in [1.807, 2.05) is 13.8 Å². The van der Waals surface area contributed by atoms with E-state index in [0.717, 1.165) is 42.6 Å². The molecule has 3 N–H and O–H groups in total. The maximum atomic E-state index is 11.7. The molecule has 1 rings (SSSR count). The van der Waals surface area contributed by atoms with Gasteiger partial charge in [0.1, 0.15) is 0 Å². The first-order valence-corrected chi connectivity index (χ1v) is 10.2. The molecule has 26 heavy (non-hydrogen) atoms. The lowest BCUT2D eigenvalue weighted by atomic mass is 10.0. The van der Waals surface area contributed by atoms with Crippen molar-refractivity contribution in [1.82, 2.24) is 20.9 Å². The average molecular weight is 384 g/mol. The number of aliphatic imine (C=N–C) groups is 1. The third-order valence-corrected chi connectivity index (χ3v) is 4.33. The summed E-state index contributed by atoms with van der Waals surface area (Å²) in [5, 5.41) is 12.6. The van der Waals surface area contributed by atoms with E-state index in [4.69, 9.17) is 4.74 Å². The highest BCUT2D eigenvalue weighted by atomic mass is 32.1. The van der Waals surface area contributed by atoms with Crippen molar-refractivity contribution in [2.75, 3.05) is 26.2 Å². The number of alkyl carbamates (subject to hydrolysis) is 1. The topological polar surface area (TPSA) is 87.6 Å². The Morgan fingerprint density at radius 2 is 2.12 bits per heavy atom. The molecule has 0 aliphatic carbocycles. The largest absolute Gasteiger partial charge is 0.450 e. The molecule has 1 amide bonds. The molecule has 1 unspecified atom stereocenters. The Bertz CT molecular complexity index is 560. The molecule has 0 saturated carbocycles. The number of carbonyl (C=O) groups is 1. The van der Waals surface area contributed by atoms with Crippen LogP contribution in [0.2, 0.25) is 0 Å². The first-order chi connectivity index (χ1) is 12.4. The molecule has 1 aromatic rings. The van der Waals surface area contributed by atoms with E-state index in [-0.39, 0.29) is 12.1 Å². The van der Waals surface area contributed by atoms with E-state index in [1.54, 1.807) is 18.3 Å². The molecule has 148 valence electrons. The first kappa shape index (κ1) is 22.2. The fraction of sp³-hybridized carbons (Fsp3) is 0.722. The Labute approximate surface area is 161 Å². The fourth-order valence-corrected chi connectivity index (χ4v) is 3.11. The number of ether oxygens (including phenoxy) is 1. The monoisotopic (exact) mass is 383 g/mol. The molecule has 0 radical (unpaired) electrons. The Kier molecular flexibility index (Phi) is 10.7. The van der Waals surface area contributed by atoms with Crippen molar-refractivity contribution in [1.29, 1.82) is 0 Å². The molecule has 1 heterocycles. The van der Waals surface area contributed by atoms with Gasteiger partial charge in [0.05, 0.1) is 29.9 Å². The standard InChI is InChI=1S/C18H33N5O2S/c1-6-19-17(20-9-8-15-12-26-14(5)22-15)21-11-16(10-13(3)4)23-18(24)25-7-2/h12-13,16H,6-11H2,1-5H3,(H,23,24)(H2,19,20,21). The third-order valence-electron chi connectivity index (χ3n) is 3.51. The molecule has 0 spiro atoms. The van der Waals surface area contributed by atoms with E-state index in [2.05, 4.69) is 45.2 Å². The minimum absolute atomic E-state index is 0.0503. The second kappa shape index (κ2) is 12.5. The van der Waals surface area contributed by atoms with Gasteiger partial charge in [0.15, 0.2) is 5.96 Å². The number of nitrogens with one attached hydrogen (secondary N) is 3. The van der Waals surface area contributed by atoms with Crippen molar-refractivity contribution >= 4 is 23.4 Å². The number of rotatable bonds is 10. The lowest BCUT2D eigenvalue weighted by Gasteiger charge is -2.19. The third kappa shape index (κ3) is 9.60. The highest BCUT2D eigenvalue weighted by molar-refractivity contribution is 7.09. The van der Waals surface area contributed by atoms with E-state index in [0.29, 0.717) is 19.1 Å². The van der Waals surface area contributed by atoms with E-state index >= 15 is 0 Å². The normalized spacial score (nSPS) is 12.8. The first-order valence-electron chi connectivity index (χ1n) is 9.31. The average Bonchev–Trinajstić information content (AvgIpc) is 2.97. The van der Waals surface area contributed by atoms with Crippen LogP contribution in [0.15, 0.2) is 10.4 Å². The van der Waals surface area contributed by atoms with E-state index in [1.165, 1.54) is 0 Å². The summed E-state index contributed by atoms with van der Waals surface area (Å²) in [4.78, 5) is 20.8. The molecule has 8 heteroatoms. The smallest absolute Gasteiger partial charge is 0.407 e. The highest BCUT2D eigenvalue weighted by Gasteiger charge is 2.14. The van der Waals surface area contributed by atoms with Crippen molar-refractivity contribution in [3.8, 4) is 0 Å². The molecule has 0 fully saturated rings. The molecule has 1 aromatic heterocycles. The summed E-state index contributed by atoms with van der Waals surface area (Å²) in [6.45, 7) is 12.5. The Morgan fingerprint density at radius 3 is 2.69 bits per heavy atom. The molecule has 0 aromatic carbocycles. The van der Waals surface area contributed by atoms with Crippen LogP contribution in [0, 0.1) is 12.8 Å². The van der Waals surface area contributed by atoms with Crippen LogP contribution in [-0.4, -0.2) is 49.3 Å². The quantitative estimate of drug-likeness (QED) is 0.427. The number of aryl methyl sites for hydroxylation is 1. The summed E-state index contributed by atoms with van der Waals surface area (Å²) in [6, 6.07) is -0.0503. The zero-order chi connectivity index (χ0) is 19.4. The maximum Gasteiger partial charge on any atom is 0.407 e. The van der Waals surface area contributed by atoms with Crippen LogP contribution >= 0.6 is 11.3 Å². The molecule has 0 aliphatic heterocycles. The van der Waals surface area contributed by atoms with Crippen molar-refractivity contribution in [2.45, 2.75) is 53.5 Å². The van der Waals surface area contributed by atoms with Crippen LogP contribution in [0.3, 0.4) is 0 Å². The summed E-state index contributed by atoms with van der Waals surface area (Å²) in [5.74, 6) is 1.21. The van der Waals surface area contributed by atoms with Gasteiger partial charge in [0.25, 0.3) is 0 Å². The van der Waals surface area contributed by atoms with E-state index in [9.17, 15) is 4.79 Å². The summed E-state index contributed by atoms with van der Waals surface area (Å²) in [6.07, 6.45) is 1.32. The van der Waals surface area contributed by atoms with Gasteiger partial charge in [-0.1, -0.05) is 13.8 Å². The number of hydrogen-bond acceptors (Lipinski definition) is 5. The van der Waals surface area contributed by atoms with Crippen LogP contribution in [-0.2, 0) is 11.2 Å². The van der Waals surface area contributed by atoms with Gasteiger partial charge >= 0.3 is 6.09 Å². The number of amides is 1. The summed E-state index contributed by atoms with van der Waals surface area (Å²) < 4.78 is 4.99. The van der Waals surface area contributed by atoms with Gasteiger partial charge in [-0.3, -0.25) is 4.99 Å². The molecular weight excluding hydrogens is 350 g/mol. The molecule has 0 saturated heterocycles. The Hall–Kier alpha value is -1.83. The molecule has 0 aliphatic rings. The van der Waals surface area contributed by atoms with Gasteiger partial charge in [0, 0.05) is 24.9 Å². The fourth-order valence-electron chi connectivity index (χ4n) is 2.46. The zero-order valence-corrected chi connectivity index (χ0v) is 17.4. The maximum absolute atomic E-state index is 11.7. The number of guanidine groups is 1. The SMILES string of the molecule is CCNC(=NCC(CC(C)C)NC(=O)OCC)NCCc1csc(C)n1. The number of carbonyl (C=O) groups excluding carboxylic acids is 1. The lowest BCUT2D eigenvalue weighted by Crippen LogP contribution is -2.42. The summed E-state index contributed by atoms with van der Waals surface area (Å²) >= 11 is 1.67. The van der Waals surface area contributed by atoms with Crippen LogP contribution in [0.5, 0.6) is 0 Å². The zero-order valence-electron chi connectivity index (χ0n) is 16.6. The molecular formula is C18H33N5O2S. The Balaban J connectivity index is 2.56. The van der Waals surface area contributed by atoms with E-state index < -0.39 is 0 Å². The molecule has 7 nitrogen and oxygen atoms in total. The van der Waals surface area contributed by atoms with Crippen molar-refractivity contribution in [3.63, 3.8) is 0 Å². The summed E-state index contributed by atoms with van der Waals surface area (Å²) in [5.41, 5.74) is 1.09. The van der Waals surface area contributed by atoms with Crippen molar-refractivity contribution < 1.29 is 9.53 Å². The Morgan fingerprint density at radius 1 is 1.35 bits per heavy atom. The minimum atomic E-state index is -0.384. The second-order valence-electron chi connectivity index (χ2n) is 6.45. The van der Waals surface area contributed by atoms with Gasteiger partial charge in [-0.15, -0.1) is 11.3 Å². The van der Waals surface area contributed by atoms with Gasteiger partial charge in [-0.05, 0) is 33.1 Å². The van der Waals surface area contributed by atoms with Crippen LogP contribution in [0.25, 0.3) is 0 Å². The van der Waals surface area contributed by atoms with Gasteiger partial charge < -0.3 is 20.7 Å². The van der Waals surface area contributed by atoms with Crippen LogP contribution in [0.1, 0.15) is 44.8 Å². The molecule has 0 bridgehead atoms. The predicted octanol–water partition coefficient (Wildman–Crippen LogP) is 2.71. The van der Waals surface area contributed by atoms with Crippen LogP contribution < -0.4 is 16.0 Å². The molecule has 1 atom stereocenters. The highest BCUT2D eigenvalue weighted by Crippen LogP contribution is 2.08. The van der Waals surface area contributed by atoms with Gasteiger partial charge in [-0.2, -0.15) is 0 Å². The number of hydrogen-bond donors (Lipinski definition) is 3. The second-order valence-corrected chi connectivity index (χ2v) is 7.51. The number of aromatic nitrogens is 1. The van der Waals surface area contributed by atoms with Crippen molar-refractivity contribution in [2.24, 2.45) is 10.9 Å². The number of thiazole rings is 1. The predicted molar refractivity (Wildman–Crippen MR) is 108 cm³/mol. The van der Waals surface area contributed by atoms with Crippen molar-refractivity contribution in [3.05, 3.63) is 16.1 Å². The lowest BCUT2D eigenvalue weighted by molar-refractivity contribution is 0.147. The van der Waals surface area contributed by atoms with Gasteiger partial charge in [-0.25, -0.2) is 9.78 Å². The number of nitrogens with zero attached hydrogens (tertiary/aromatic N) is 2. The minimum Gasteiger partial charge on any atom is -0.450 e. The summed E-state index contributed by atoms with van der Waals surface area (Å²) in [7, 11) is 0.